The van der Waals surface area contributed by atoms with E-state index in [0.717, 1.165) is 38.1 Å². The Morgan fingerprint density at radius 1 is 0.900 bits per heavy atom. The summed E-state index contributed by atoms with van der Waals surface area (Å²) in [5.74, 6) is -0.733. The van der Waals surface area contributed by atoms with Gasteiger partial charge in [-0.2, -0.15) is 0 Å². The predicted molar refractivity (Wildman–Crippen MR) is 165 cm³/mol. The number of nitrogens with zero attached hydrogens (tertiary/aromatic N) is 2. The minimum absolute atomic E-state index is 0.0839. The predicted octanol–water partition coefficient (Wildman–Crippen LogP) is 5.33. The maximum absolute atomic E-state index is 14.2. The van der Waals surface area contributed by atoms with Crippen molar-refractivity contribution in [1.82, 2.24) is 10.2 Å². The summed E-state index contributed by atoms with van der Waals surface area (Å²) < 4.78 is 28.0. The summed E-state index contributed by atoms with van der Waals surface area (Å²) in [6.45, 7) is 5.57. The van der Waals surface area contributed by atoms with Gasteiger partial charge < -0.3 is 10.2 Å². The second-order valence-corrected chi connectivity index (χ2v) is 12.7. The van der Waals surface area contributed by atoms with Crippen LogP contribution < -0.4 is 9.62 Å². The fourth-order valence-corrected chi connectivity index (χ4v) is 5.57. The van der Waals surface area contributed by atoms with E-state index < -0.39 is 28.5 Å². The van der Waals surface area contributed by atoms with Crippen LogP contribution in [0.5, 0.6) is 0 Å². The molecule has 0 bridgehead atoms. The summed E-state index contributed by atoms with van der Waals surface area (Å²) in [4.78, 5) is 29.4. The monoisotopic (exact) mass is 627 g/mol. The maximum atomic E-state index is 14.2. The summed E-state index contributed by atoms with van der Waals surface area (Å²) in [5, 5.41) is 3.04. The molecule has 2 amide bonds. The summed E-state index contributed by atoms with van der Waals surface area (Å²) in [6, 6.07) is 23.3. The first kappa shape index (κ1) is 31.4. The van der Waals surface area contributed by atoms with E-state index in [1.807, 2.05) is 87.5 Å². The van der Waals surface area contributed by atoms with Gasteiger partial charge in [-0.05, 0) is 54.7 Å². The number of carbonyl (C=O) groups excluding carboxylic acids is 2. The van der Waals surface area contributed by atoms with Gasteiger partial charge in [0.15, 0.2) is 0 Å². The van der Waals surface area contributed by atoms with E-state index in [9.17, 15) is 18.0 Å². The zero-order valence-corrected chi connectivity index (χ0v) is 25.9. The number of hydrogen-bond donors (Lipinski definition) is 1. The van der Waals surface area contributed by atoms with Crippen LogP contribution in [0, 0.1) is 0 Å². The summed E-state index contributed by atoms with van der Waals surface area (Å²) in [6.07, 6.45) is 2.73. The van der Waals surface area contributed by atoms with Crippen LogP contribution in [0.1, 0.15) is 43.9 Å². The molecule has 40 heavy (non-hydrogen) atoms. The van der Waals surface area contributed by atoms with Gasteiger partial charge in [0.05, 0.1) is 11.9 Å². The smallest absolute Gasteiger partial charge is 0.244 e. The van der Waals surface area contributed by atoms with Crippen LogP contribution in [0.4, 0.5) is 5.69 Å². The van der Waals surface area contributed by atoms with E-state index in [0.29, 0.717) is 12.1 Å². The standard InChI is InChI=1S/C31H38BrN3O4S/c1-5-23(3)33-31(37)29(20-24-12-8-7-9-13-24)34(21-25-16-18-27(32)19-17-25)30(36)22-35(40(4,38)39)28-15-11-10-14-26(28)6-2/h7-19,23,29H,5-6,20-22H2,1-4H3,(H,33,37)/t23-,29+/m1/s1. The van der Waals surface area contributed by atoms with Gasteiger partial charge in [-0.15, -0.1) is 0 Å². The van der Waals surface area contributed by atoms with Gasteiger partial charge in [0, 0.05) is 23.5 Å². The van der Waals surface area contributed by atoms with E-state index in [1.165, 1.54) is 4.90 Å². The molecule has 0 spiro atoms. The van der Waals surface area contributed by atoms with Crippen molar-refractivity contribution in [2.24, 2.45) is 0 Å². The molecule has 0 aliphatic carbocycles. The number of benzene rings is 3. The number of rotatable bonds is 13. The first-order valence-corrected chi connectivity index (χ1v) is 16.1. The zero-order chi connectivity index (χ0) is 29.3. The summed E-state index contributed by atoms with van der Waals surface area (Å²) >= 11 is 3.45. The lowest BCUT2D eigenvalue weighted by molar-refractivity contribution is -0.140. The van der Waals surface area contributed by atoms with E-state index in [4.69, 9.17) is 0 Å². The normalized spacial score (nSPS) is 12.8. The van der Waals surface area contributed by atoms with Crippen LogP contribution in [0.15, 0.2) is 83.3 Å². The number of para-hydroxylation sites is 1. The van der Waals surface area contributed by atoms with Gasteiger partial charge in [-0.3, -0.25) is 13.9 Å². The molecule has 0 saturated heterocycles. The Morgan fingerprint density at radius 3 is 2.12 bits per heavy atom. The first-order chi connectivity index (χ1) is 19.0. The van der Waals surface area contributed by atoms with Gasteiger partial charge in [-0.25, -0.2) is 8.42 Å². The fraction of sp³-hybridized carbons (Fsp3) is 0.355. The molecule has 7 nitrogen and oxygen atoms in total. The molecule has 0 aromatic heterocycles. The Labute approximate surface area is 246 Å². The van der Waals surface area contributed by atoms with Crippen LogP contribution in [-0.4, -0.2) is 50.0 Å². The topological polar surface area (TPSA) is 86.8 Å². The minimum atomic E-state index is -3.81. The van der Waals surface area contributed by atoms with E-state index in [2.05, 4.69) is 21.2 Å². The average Bonchev–Trinajstić information content (AvgIpc) is 2.94. The van der Waals surface area contributed by atoms with Crippen LogP contribution >= 0.6 is 15.9 Å². The number of halogens is 1. The second-order valence-electron chi connectivity index (χ2n) is 9.92. The number of carbonyl (C=O) groups is 2. The van der Waals surface area contributed by atoms with Crippen molar-refractivity contribution >= 4 is 43.5 Å². The lowest BCUT2D eigenvalue weighted by atomic mass is 10.0. The lowest BCUT2D eigenvalue weighted by Gasteiger charge is -2.34. The van der Waals surface area contributed by atoms with Crippen molar-refractivity contribution in [2.75, 3.05) is 17.1 Å². The van der Waals surface area contributed by atoms with Crippen LogP contribution in [0.25, 0.3) is 0 Å². The third kappa shape index (κ3) is 8.66. The second kappa shape index (κ2) is 14.5. The van der Waals surface area contributed by atoms with Crippen molar-refractivity contribution in [1.29, 1.82) is 0 Å². The van der Waals surface area contributed by atoms with E-state index in [-0.39, 0.29) is 24.9 Å². The van der Waals surface area contributed by atoms with Crippen molar-refractivity contribution in [3.63, 3.8) is 0 Å². The number of nitrogens with one attached hydrogen (secondary N) is 1. The maximum Gasteiger partial charge on any atom is 0.244 e. The van der Waals surface area contributed by atoms with Crippen LogP contribution in [-0.2, 0) is 39.0 Å². The van der Waals surface area contributed by atoms with Gasteiger partial charge >= 0.3 is 0 Å². The quantitative estimate of drug-likeness (QED) is 0.277. The third-order valence-electron chi connectivity index (χ3n) is 6.86. The molecule has 0 unspecified atom stereocenters. The van der Waals surface area contributed by atoms with E-state index >= 15 is 0 Å². The Hall–Kier alpha value is -3.17. The minimum Gasteiger partial charge on any atom is -0.352 e. The Bertz CT molecular complexity index is 1380. The number of hydrogen-bond acceptors (Lipinski definition) is 4. The summed E-state index contributed by atoms with van der Waals surface area (Å²) in [7, 11) is -3.81. The van der Waals surface area contributed by atoms with Crippen molar-refractivity contribution in [3.05, 3.63) is 100 Å². The summed E-state index contributed by atoms with van der Waals surface area (Å²) in [5.41, 5.74) is 3.01. The molecule has 3 aromatic rings. The van der Waals surface area contributed by atoms with Gasteiger partial charge in [-0.1, -0.05) is 90.4 Å². The highest BCUT2D eigenvalue weighted by atomic mass is 79.9. The fourth-order valence-electron chi connectivity index (χ4n) is 4.43. The van der Waals surface area contributed by atoms with Crippen molar-refractivity contribution in [3.8, 4) is 0 Å². The van der Waals surface area contributed by atoms with Crippen LogP contribution in [0.3, 0.4) is 0 Å². The van der Waals surface area contributed by atoms with Crippen molar-refractivity contribution < 1.29 is 18.0 Å². The zero-order valence-electron chi connectivity index (χ0n) is 23.5. The van der Waals surface area contributed by atoms with Gasteiger partial charge in [0.1, 0.15) is 12.6 Å². The molecular formula is C31H38BrN3O4S. The SMILES string of the molecule is CCc1ccccc1N(CC(=O)N(Cc1ccc(Br)cc1)[C@@H](Cc1ccccc1)C(=O)N[C@H](C)CC)S(C)(=O)=O. The van der Waals surface area contributed by atoms with Gasteiger partial charge in [0.25, 0.3) is 0 Å². The molecule has 3 aromatic carbocycles. The number of sulfonamides is 1. The Kier molecular flexibility index (Phi) is 11.3. The number of amides is 2. The highest BCUT2D eigenvalue weighted by Crippen LogP contribution is 2.25. The van der Waals surface area contributed by atoms with Gasteiger partial charge in [0.2, 0.25) is 21.8 Å². The molecule has 3 rings (SSSR count). The van der Waals surface area contributed by atoms with E-state index in [1.54, 1.807) is 12.1 Å². The molecule has 0 saturated carbocycles. The molecular weight excluding hydrogens is 590 g/mol. The number of anilines is 1. The highest BCUT2D eigenvalue weighted by Gasteiger charge is 2.33. The number of aryl methyl sites for hydroxylation is 1. The molecule has 0 heterocycles. The van der Waals surface area contributed by atoms with Crippen molar-refractivity contribution in [2.45, 2.75) is 58.7 Å². The molecule has 2 atom stereocenters. The largest absolute Gasteiger partial charge is 0.352 e. The third-order valence-corrected chi connectivity index (χ3v) is 8.51. The Morgan fingerprint density at radius 2 is 1.52 bits per heavy atom. The van der Waals surface area contributed by atoms with Crippen LogP contribution in [0.2, 0.25) is 0 Å². The molecule has 9 heteroatoms. The Balaban J connectivity index is 2.07. The molecule has 1 N–H and O–H groups in total. The molecule has 0 radical (unpaired) electrons. The average molecular weight is 629 g/mol. The molecule has 214 valence electrons. The molecule has 0 aliphatic heterocycles. The lowest BCUT2D eigenvalue weighted by Crippen LogP contribution is -2.54. The molecule has 0 fully saturated rings. The molecule has 0 aliphatic rings. The highest BCUT2D eigenvalue weighted by molar-refractivity contribution is 9.10. The first-order valence-electron chi connectivity index (χ1n) is 13.5.